The van der Waals surface area contributed by atoms with E-state index in [2.05, 4.69) is 197 Å². The van der Waals surface area contributed by atoms with Crippen LogP contribution in [-0.2, 0) is 0 Å². The molecule has 0 aliphatic heterocycles. The first-order chi connectivity index (χ1) is 31.2. The van der Waals surface area contributed by atoms with Gasteiger partial charge in [0.25, 0.3) is 0 Å². The van der Waals surface area contributed by atoms with E-state index in [1.54, 1.807) is 0 Å². The maximum atomic E-state index is 6.25. The highest BCUT2D eigenvalue weighted by Crippen LogP contribution is 2.41. The summed E-state index contributed by atoms with van der Waals surface area (Å²) in [5.41, 5.74) is 13.4. The van der Waals surface area contributed by atoms with Gasteiger partial charge in [-0.25, -0.2) is 4.98 Å². The predicted molar refractivity (Wildman–Crippen MR) is 258 cm³/mol. The SMILES string of the molecule is c1ccc(-c2cccc(-c3nc(-c4cccc(-c5ccccc5)c4)nc(-n4c5ccccc5c5cc6c(cc54)c4ccccc4n6-c4ccc5oc6ccccc6c5c4)n3)c2)cc1. The molecule has 0 aliphatic carbocycles. The summed E-state index contributed by atoms with van der Waals surface area (Å²) in [6.07, 6.45) is 0. The van der Waals surface area contributed by atoms with Gasteiger partial charge in [-0.3, -0.25) is 4.57 Å². The van der Waals surface area contributed by atoms with E-state index in [9.17, 15) is 0 Å². The van der Waals surface area contributed by atoms with Gasteiger partial charge < -0.3 is 8.98 Å². The monoisotopic (exact) mass is 805 g/mol. The summed E-state index contributed by atoms with van der Waals surface area (Å²) < 4.78 is 10.9. The minimum absolute atomic E-state index is 0.553. The zero-order valence-corrected chi connectivity index (χ0v) is 33.9. The van der Waals surface area contributed by atoms with Gasteiger partial charge in [-0.15, -0.1) is 0 Å². The number of hydrogen-bond acceptors (Lipinski definition) is 4. The third kappa shape index (κ3) is 5.69. The molecule has 13 aromatic rings. The van der Waals surface area contributed by atoms with Gasteiger partial charge in [0.2, 0.25) is 5.95 Å². The molecule has 0 aliphatic rings. The van der Waals surface area contributed by atoms with Gasteiger partial charge in [-0.05, 0) is 82.9 Å². The molecule has 0 saturated carbocycles. The molecule has 63 heavy (non-hydrogen) atoms. The normalized spacial score (nSPS) is 11.8. The topological polar surface area (TPSA) is 61.7 Å². The Morgan fingerprint density at radius 2 is 0.762 bits per heavy atom. The number of hydrogen-bond donors (Lipinski definition) is 0. The Morgan fingerprint density at radius 1 is 0.286 bits per heavy atom. The van der Waals surface area contributed by atoms with Crippen LogP contribution in [0.3, 0.4) is 0 Å². The summed E-state index contributed by atoms with van der Waals surface area (Å²) in [7, 11) is 0. The Kier molecular flexibility index (Phi) is 7.80. The van der Waals surface area contributed by atoms with Crippen LogP contribution < -0.4 is 0 Å². The van der Waals surface area contributed by atoms with Crippen molar-refractivity contribution >= 4 is 65.6 Å². The third-order valence-corrected chi connectivity index (χ3v) is 12.4. The Balaban J connectivity index is 1.07. The number of nitrogens with zero attached hydrogens (tertiary/aromatic N) is 5. The van der Waals surface area contributed by atoms with Gasteiger partial charge >= 0.3 is 0 Å². The average Bonchev–Trinajstić information content (AvgIpc) is 4.01. The van der Waals surface area contributed by atoms with Crippen LogP contribution in [-0.4, -0.2) is 24.1 Å². The van der Waals surface area contributed by atoms with E-state index in [4.69, 9.17) is 19.4 Å². The molecule has 0 unspecified atom stereocenters. The van der Waals surface area contributed by atoms with E-state index >= 15 is 0 Å². The number of rotatable bonds is 6. The molecule has 4 heterocycles. The van der Waals surface area contributed by atoms with Gasteiger partial charge in [-0.2, -0.15) is 9.97 Å². The largest absolute Gasteiger partial charge is 0.456 e. The molecule has 0 N–H and O–H groups in total. The summed E-state index contributed by atoms with van der Waals surface area (Å²) in [5, 5.41) is 6.73. The summed E-state index contributed by atoms with van der Waals surface area (Å²) >= 11 is 0. The fourth-order valence-electron chi connectivity index (χ4n) is 9.44. The van der Waals surface area contributed by atoms with E-state index < -0.39 is 0 Å². The zero-order valence-electron chi connectivity index (χ0n) is 33.9. The van der Waals surface area contributed by atoms with Crippen LogP contribution in [0, 0.1) is 0 Å². The van der Waals surface area contributed by atoms with Crippen LogP contribution in [0.5, 0.6) is 0 Å². The van der Waals surface area contributed by atoms with E-state index in [0.29, 0.717) is 17.6 Å². The van der Waals surface area contributed by atoms with Crippen molar-refractivity contribution in [3.05, 3.63) is 212 Å². The standard InChI is InChI=1S/C57H35N5O/c1-3-15-36(16-4-1)38-19-13-21-40(31-38)55-58-56(41-22-14-20-39(32-41)37-17-5-2-6-18-37)60-57(59-55)62-50-27-11-8-24-44(50)47-34-51-46(35-52(47)62)43-23-7-10-26-49(43)61(51)42-29-30-54-48(33-42)45-25-9-12-28-53(45)63-54/h1-35H. The average molecular weight is 806 g/mol. The van der Waals surface area contributed by atoms with Crippen molar-refractivity contribution in [1.82, 2.24) is 24.1 Å². The molecule has 0 amide bonds. The van der Waals surface area contributed by atoms with Gasteiger partial charge in [0, 0.05) is 49.1 Å². The van der Waals surface area contributed by atoms with Crippen LogP contribution in [0.2, 0.25) is 0 Å². The highest BCUT2D eigenvalue weighted by Gasteiger charge is 2.22. The molecule has 13 rings (SSSR count). The first-order valence-corrected chi connectivity index (χ1v) is 21.2. The minimum Gasteiger partial charge on any atom is -0.456 e. The first kappa shape index (κ1) is 35.2. The van der Waals surface area contributed by atoms with Crippen molar-refractivity contribution in [2.45, 2.75) is 0 Å². The molecule has 0 atom stereocenters. The fraction of sp³-hybridized carbons (Fsp3) is 0. The lowest BCUT2D eigenvalue weighted by atomic mass is 10.0. The lowest BCUT2D eigenvalue weighted by Crippen LogP contribution is -2.06. The quantitative estimate of drug-likeness (QED) is 0.168. The predicted octanol–water partition coefficient (Wildman–Crippen LogP) is 14.6. The van der Waals surface area contributed by atoms with Crippen molar-refractivity contribution in [2.75, 3.05) is 0 Å². The van der Waals surface area contributed by atoms with Crippen molar-refractivity contribution in [3.63, 3.8) is 0 Å². The zero-order chi connectivity index (χ0) is 41.4. The number of furan rings is 1. The highest BCUT2D eigenvalue weighted by atomic mass is 16.3. The molecule has 0 radical (unpaired) electrons. The Bertz CT molecular complexity index is 3820. The van der Waals surface area contributed by atoms with Gasteiger partial charge in [-0.1, -0.05) is 152 Å². The van der Waals surface area contributed by atoms with Gasteiger partial charge in [0.05, 0.1) is 22.1 Å². The highest BCUT2D eigenvalue weighted by molar-refractivity contribution is 6.19. The van der Waals surface area contributed by atoms with Gasteiger partial charge in [0.15, 0.2) is 11.6 Å². The van der Waals surface area contributed by atoms with Crippen LogP contribution in [0.15, 0.2) is 217 Å². The molecule has 6 heteroatoms. The van der Waals surface area contributed by atoms with E-state index in [1.165, 1.54) is 0 Å². The van der Waals surface area contributed by atoms with E-state index in [-0.39, 0.29) is 0 Å². The molecular formula is C57H35N5O. The fourth-order valence-corrected chi connectivity index (χ4v) is 9.44. The number of fused-ring (bicyclic) bond motifs is 9. The van der Waals surface area contributed by atoms with Crippen molar-refractivity contribution < 1.29 is 4.42 Å². The van der Waals surface area contributed by atoms with Crippen LogP contribution in [0.4, 0.5) is 0 Å². The smallest absolute Gasteiger partial charge is 0.238 e. The van der Waals surface area contributed by atoms with Crippen molar-refractivity contribution in [2.24, 2.45) is 0 Å². The second-order valence-corrected chi connectivity index (χ2v) is 16.0. The first-order valence-electron chi connectivity index (χ1n) is 21.2. The lowest BCUT2D eigenvalue weighted by molar-refractivity contribution is 0.669. The van der Waals surface area contributed by atoms with Crippen molar-refractivity contribution in [3.8, 4) is 56.7 Å². The molecule has 0 spiro atoms. The molecule has 0 saturated heterocycles. The third-order valence-electron chi connectivity index (χ3n) is 12.4. The maximum absolute atomic E-state index is 6.25. The van der Waals surface area contributed by atoms with E-state index in [1.807, 2.05) is 24.3 Å². The Hall–Kier alpha value is -8.61. The van der Waals surface area contributed by atoms with Crippen LogP contribution in [0.1, 0.15) is 0 Å². The summed E-state index contributed by atoms with van der Waals surface area (Å²) in [5.74, 6) is 1.75. The van der Waals surface area contributed by atoms with Crippen LogP contribution >= 0.6 is 0 Å². The minimum atomic E-state index is 0.553. The summed E-state index contributed by atoms with van der Waals surface area (Å²) in [6, 6.07) is 74.5. The summed E-state index contributed by atoms with van der Waals surface area (Å²) in [6.45, 7) is 0. The van der Waals surface area contributed by atoms with E-state index in [0.717, 1.165) is 105 Å². The molecule has 294 valence electrons. The molecule has 0 fully saturated rings. The van der Waals surface area contributed by atoms with Gasteiger partial charge in [0.1, 0.15) is 11.2 Å². The molecular weight excluding hydrogens is 771 g/mol. The molecule has 6 nitrogen and oxygen atoms in total. The van der Waals surface area contributed by atoms with Crippen LogP contribution in [0.25, 0.3) is 122 Å². The lowest BCUT2D eigenvalue weighted by Gasteiger charge is -2.12. The van der Waals surface area contributed by atoms with Crippen molar-refractivity contribution in [1.29, 1.82) is 0 Å². The number of para-hydroxylation sites is 3. The molecule has 9 aromatic carbocycles. The number of benzene rings is 9. The maximum Gasteiger partial charge on any atom is 0.238 e. The molecule has 0 bridgehead atoms. The number of aromatic nitrogens is 5. The Labute approximate surface area is 361 Å². The molecule has 4 aromatic heterocycles. The second kappa shape index (κ2) is 14.0. The summed E-state index contributed by atoms with van der Waals surface area (Å²) in [4.78, 5) is 15.9. The Morgan fingerprint density at radius 3 is 1.38 bits per heavy atom. The second-order valence-electron chi connectivity index (χ2n) is 16.0.